The van der Waals surface area contributed by atoms with Crippen molar-refractivity contribution in [2.24, 2.45) is 11.8 Å². The number of benzene rings is 2. The normalized spacial score (nSPS) is 22.7. The van der Waals surface area contributed by atoms with E-state index in [1.807, 2.05) is 24.3 Å². The lowest BCUT2D eigenvalue weighted by atomic mass is 9.47. The van der Waals surface area contributed by atoms with E-state index >= 15 is 0 Å². The van der Waals surface area contributed by atoms with Crippen LogP contribution in [0.25, 0.3) is 0 Å². The van der Waals surface area contributed by atoms with Crippen LogP contribution in [-0.4, -0.2) is 114 Å². The Morgan fingerprint density at radius 3 is 1.63 bits per heavy atom. The second-order valence-corrected chi connectivity index (χ2v) is 12.0. The van der Waals surface area contributed by atoms with Gasteiger partial charge in [0.25, 0.3) is 0 Å². The van der Waals surface area contributed by atoms with Gasteiger partial charge < -0.3 is 33.5 Å². The summed E-state index contributed by atoms with van der Waals surface area (Å²) in [6.07, 6.45) is 2.85. The van der Waals surface area contributed by atoms with E-state index in [-0.39, 0.29) is 24.3 Å². The van der Waals surface area contributed by atoms with Crippen LogP contribution in [0.15, 0.2) is 48.5 Å². The van der Waals surface area contributed by atoms with Crippen molar-refractivity contribution in [1.29, 1.82) is 0 Å². The molecule has 0 spiro atoms. The van der Waals surface area contributed by atoms with Gasteiger partial charge >= 0.3 is 0 Å². The molecule has 1 saturated heterocycles. The minimum absolute atomic E-state index is 0.0140. The second kappa shape index (κ2) is 17.5. The summed E-state index contributed by atoms with van der Waals surface area (Å²) in [4.78, 5) is 29.6. The predicted octanol–water partition coefficient (Wildman–Crippen LogP) is 3.31. The largest absolute Gasteiger partial charge is 0.394 e. The molecule has 252 valence electrons. The van der Waals surface area contributed by atoms with E-state index in [1.165, 1.54) is 0 Å². The quantitative estimate of drug-likeness (QED) is 0.145. The highest BCUT2D eigenvalue weighted by atomic mass is 16.6. The van der Waals surface area contributed by atoms with Crippen LogP contribution in [-0.2, 0) is 43.4 Å². The Labute approximate surface area is 272 Å². The number of unbranched alkanes of at least 4 members (excludes halogenated alkanes) is 2. The number of hydrogen-bond acceptors (Lipinski definition) is 9. The van der Waals surface area contributed by atoms with Gasteiger partial charge in [0.15, 0.2) is 0 Å². The van der Waals surface area contributed by atoms with Crippen molar-refractivity contribution in [3.63, 3.8) is 0 Å². The number of nitrogens with zero attached hydrogens (tertiary/aromatic N) is 1. The Bertz CT molecular complexity index is 1220. The molecule has 1 aliphatic heterocycles. The molecule has 0 radical (unpaired) electrons. The third kappa shape index (κ3) is 7.39. The molecule has 46 heavy (non-hydrogen) atoms. The zero-order valence-electron chi connectivity index (χ0n) is 27.0. The van der Waals surface area contributed by atoms with Crippen LogP contribution in [0.2, 0.25) is 0 Å². The summed E-state index contributed by atoms with van der Waals surface area (Å²) in [5.41, 5.74) is 3.74. The average molecular weight is 640 g/mol. The smallest absolute Gasteiger partial charge is 0.234 e. The highest BCUT2D eigenvalue weighted by Crippen LogP contribution is 2.64. The van der Waals surface area contributed by atoms with Crippen molar-refractivity contribution in [2.45, 2.75) is 37.5 Å². The Hall–Kier alpha value is -2.70. The molecule has 1 N–H and O–H groups in total. The number of carbonyl (C=O) groups is 2. The lowest BCUT2D eigenvalue weighted by Gasteiger charge is -2.54. The Balaban J connectivity index is 1.11. The van der Waals surface area contributed by atoms with Crippen molar-refractivity contribution in [3.8, 4) is 0 Å². The van der Waals surface area contributed by atoms with Gasteiger partial charge in [-0.25, -0.2) is 0 Å². The molecule has 2 aromatic carbocycles. The zero-order chi connectivity index (χ0) is 32.2. The van der Waals surface area contributed by atoms with Crippen LogP contribution in [0.1, 0.15) is 54.4 Å². The summed E-state index contributed by atoms with van der Waals surface area (Å²) in [6.45, 7) is 7.70. The highest BCUT2D eigenvalue weighted by molar-refractivity contribution is 6.08. The van der Waals surface area contributed by atoms with Crippen molar-refractivity contribution >= 4 is 11.8 Å². The fraction of sp³-hybridized carbons (Fsp3) is 0.611. The first-order valence-corrected chi connectivity index (χ1v) is 16.8. The molecule has 2 bridgehead atoms. The summed E-state index contributed by atoms with van der Waals surface area (Å²) in [6, 6.07) is 16.6. The Morgan fingerprint density at radius 1 is 0.652 bits per heavy atom. The zero-order valence-corrected chi connectivity index (χ0v) is 27.0. The second-order valence-electron chi connectivity index (χ2n) is 12.0. The number of likely N-dealkylation sites (tertiary alicyclic amines) is 1. The maximum absolute atomic E-state index is 14.1. The predicted molar refractivity (Wildman–Crippen MR) is 171 cm³/mol. The molecule has 6 rings (SSSR count). The summed E-state index contributed by atoms with van der Waals surface area (Å²) in [5.74, 6) is -1.11. The molecular formula is C36H49NO9. The molecule has 1 heterocycles. The van der Waals surface area contributed by atoms with Crippen LogP contribution in [0.4, 0.5) is 0 Å². The number of carbonyl (C=O) groups excluding carboxylic acids is 2. The van der Waals surface area contributed by atoms with E-state index in [9.17, 15) is 9.59 Å². The third-order valence-corrected chi connectivity index (χ3v) is 9.30. The molecule has 0 unspecified atom stereocenters. The number of rotatable bonds is 23. The minimum atomic E-state index is -0.735. The molecular weight excluding hydrogens is 590 g/mol. The maximum atomic E-state index is 14.1. The van der Waals surface area contributed by atoms with Crippen molar-refractivity contribution in [3.05, 3.63) is 70.8 Å². The molecule has 0 saturated carbocycles. The van der Waals surface area contributed by atoms with Gasteiger partial charge in [0.05, 0.1) is 103 Å². The third-order valence-electron chi connectivity index (χ3n) is 9.30. The lowest BCUT2D eigenvalue weighted by Crippen LogP contribution is -2.56. The summed E-state index contributed by atoms with van der Waals surface area (Å²) in [5, 5.41) is 8.65. The molecule has 2 aromatic rings. The number of aliphatic hydroxyl groups is 1. The number of hydrogen-bond donors (Lipinski definition) is 1. The molecule has 3 aliphatic carbocycles. The lowest BCUT2D eigenvalue weighted by molar-refractivity contribution is -0.140. The summed E-state index contributed by atoms with van der Waals surface area (Å²) >= 11 is 0. The van der Waals surface area contributed by atoms with E-state index in [4.69, 9.17) is 33.5 Å². The molecule has 2 amide bonds. The van der Waals surface area contributed by atoms with Crippen molar-refractivity contribution < 1.29 is 43.1 Å². The van der Waals surface area contributed by atoms with Crippen LogP contribution in [0.3, 0.4) is 0 Å². The molecule has 2 atom stereocenters. The van der Waals surface area contributed by atoms with Crippen molar-refractivity contribution in [2.75, 3.05) is 92.4 Å². The average Bonchev–Trinajstić information content (AvgIpc) is 3.34. The molecule has 10 heteroatoms. The molecule has 10 nitrogen and oxygen atoms in total. The van der Waals surface area contributed by atoms with E-state index in [0.29, 0.717) is 85.8 Å². The van der Waals surface area contributed by atoms with E-state index < -0.39 is 17.3 Å². The standard InChI is InChI=1S/C36H49NO9/c1-2-3-8-13-37-34(39)32-31-27-9-4-6-11-29(27)36(33(32)35(37)40,30-12-7-5-10-28(30)31)26-46-25-24-45-23-22-44-21-20-43-19-18-42-17-16-41-15-14-38/h4-7,9-12,31-33,38H,2-3,8,13-26H2,1H3/t31?,32-,33+,36?/m1/s1. The van der Waals surface area contributed by atoms with Crippen LogP contribution < -0.4 is 0 Å². The first kappa shape index (κ1) is 34.6. The first-order chi connectivity index (χ1) is 22.7. The van der Waals surface area contributed by atoms with Crippen LogP contribution >= 0.6 is 0 Å². The van der Waals surface area contributed by atoms with Gasteiger partial charge in [0, 0.05) is 12.5 Å². The van der Waals surface area contributed by atoms with Gasteiger partial charge in [-0.1, -0.05) is 68.3 Å². The van der Waals surface area contributed by atoms with Crippen LogP contribution in [0, 0.1) is 11.8 Å². The highest BCUT2D eigenvalue weighted by Gasteiger charge is 2.67. The van der Waals surface area contributed by atoms with Gasteiger partial charge in [-0.05, 0) is 28.7 Å². The number of amides is 2. The fourth-order valence-corrected chi connectivity index (χ4v) is 7.37. The molecule has 0 aromatic heterocycles. The van der Waals surface area contributed by atoms with Gasteiger partial charge in [-0.3, -0.25) is 14.5 Å². The van der Waals surface area contributed by atoms with Crippen molar-refractivity contribution in [1.82, 2.24) is 4.90 Å². The maximum Gasteiger partial charge on any atom is 0.234 e. The molecule has 4 aliphatic rings. The summed E-state index contributed by atoms with van der Waals surface area (Å²) < 4.78 is 33.7. The Morgan fingerprint density at radius 2 is 1.13 bits per heavy atom. The fourth-order valence-electron chi connectivity index (χ4n) is 7.37. The van der Waals surface area contributed by atoms with Crippen LogP contribution in [0.5, 0.6) is 0 Å². The monoisotopic (exact) mass is 639 g/mol. The van der Waals surface area contributed by atoms with E-state index in [2.05, 4.69) is 31.2 Å². The first-order valence-electron chi connectivity index (χ1n) is 16.8. The minimum Gasteiger partial charge on any atom is -0.394 e. The van der Waals surface area contributed by atoms with Gasteiger partial charge in [0.1, 0.15) is 0 Å². The van der Waals surface area contributed by atoms with Gasteiger partial charge in [-0.2, -0.15) is 0 Å². The molecule has 1 fully saturated rings. The topological polar surface area (TPSA) is 113 Å². The SMILES string of the molecule is CCCCCN1C(=O)[C@@H]2C3c4ccccc4C(COCCOCCOCCOCCOCCOCCO)(c4ccccc43)[C@@H]2C1=O. The number of aliphatic hydroxyl groups excluding tert-OH is 1. The van der Waals surface area contributed by atoms with Gasteiger partial charge in [0.2, 0.25) is 11.8 Å². The Kier molecular flexibility index (Phi) is 13.1. The van der Waals surface area contributed by atoms with E-state index in [0.717, 1.165) is 41.5 Å². The van der Waals surface area contributed by atoms with E-state index in [1.54, 1.807) is 4.90 Å². The van der Waals surface area contributed by atoms with Gasteiger partial charge in [-0.15, -0.1) is 0 Å². The number of ether oxygens (including phenoxy) is 6. The number of imide groups is 1. The summed E-state index contributed by atoms with van der Waals surface area (Å²) in [7, 11) is 0.